The number of amides is 1. The molecule has 0 atom stereocenters. The molecule has 0 spiro atoms. The minimum atomic E-state index is -4.54. The van der Waals surface area contributed by atoms with Gasteiger partial charge in [-0.05, 0) is 30.3 Å². The molecule has 134 valence electrons. The Morgan fingerprint density at radius 2 is 1.88 bits per heavy atom. The van der Waals surface area contributed by atoms with Crippen molar-refractivity contribution >= 4 is 11.9 Å². The van der Waals surface area contributed by atoms with Crippen LogP contribution in [0.4, 0.5) is 19.2 Å². The molecule has 0 aliphatic rings. The van der Waals surface area contributed by atoms with Crippen LogP contribution in [0.2, 0.25) is 0 Å². The van der Waals surface area contributed by atoms with Crippen LogP contribution >= 0.6 is 0 Å². The van der Waals surface area contributed by atoms with Crippen molar-refractivity contribution in [1.82, 2.24) is 10.2 Å². The van der Waals surface area contributed by atoms with Gasteiger partial charge in [-0.1, -0.05) is 23.3 Å². The third-order valence-corrected chi connectivity index (χ3v) is 3.43. The highest BCUT2D eigenvalue weighted by atomic mass is 19.4. The highest BCUT2D eigenvalue weighted by molar-refractivity contribution is 6.03. The van der Waals surface area contributed by atoms with Gasteiger partial charge in [0.1, 0.15) is 5.75 Å². The van der Waals surface area contributed by atoms with E-state index in [4.69, 9.17) is 9.15 Å². The minimum absolute atomic E-state index is 0.0989. The smallest absolute Gasteiger partial charge is 0.416 e. The quantitative estimate of drug-likeness (QED) is 0.758. The number of methoxy groups -OCH3 is 1. The molecule has 0 radical (unpaired) electrons. The summed E-state index contributed by atoms with van der Waals surface area (Å²) in [4.78, 5) is 12.1. The van der Waals surface area contributed by atoms with Crippen molar-refractivity contribution in [3.05, 3.63) is 59.7 Å². The fourth-order valence-electron chi connectivity index (χ4n) is 2.21. The van der Waals surface area contributed by atoms with Gasteiger partial charge in [0.25, 0.3) is 11.8 Å². The summed E-state index contributed by atoms with van der Waals surface area (Å²) in [7, 11) is 1.48. The summed E-state index contributed by atoms with van der Waals surface area (Å²) in [5.74, 6) is -0.208. The van der Waals surface area contributed by atoms with Gasteiger partial charge in [-0.25, -0.2) is 0 Å². The average Bonchev–Trinajstić information content (AvgIpc) is 3.09. The summed E-state index contributed by atoms with van der Waals surface area (Å²) >= 11 is 0. The Kier molecular flexibility index (Phi) is 4.61. The van der Waals surface area contributed by atoms with Crippen molar-refractivity contribution in [3.8, 4) is 17.2 Å². The van der Waals surface area contributed by atoms with Crippen LogP contribution in [-0.4, -0.2) is 23.2 Å². The number of nitrogens with one attached hydrogen (secondary N) is 1. The number of benzene rings is 2. The fourth-order valence-corrected chi connectivity index (χ4v) is 2.21. The lowest BCUT2D eigenvalue weighted by Crippen LogP contribution is -2.14. The molecule has 0 saturated heterocycles. The van der Waals surface area contributed by atoms with E-state index in [-0.39, 0.29) is 17.5 Å². The van der Waals surface area contributed by atoms with Gasteiger partial charge in [0, 0.05) is 5.56 Å². The van der Waals surface area contributed by atoms with Crippen LogP contribution < -0.4 is 10.1 Å². The lowest BCUT2D eigenvalue weighted by atomic mass is 10.1. The summed E-state index contributed by atoms with van der Waals surface area (Å²) in [6.07, 6.45) is -4.54. The van der Waals surface area contributed by atoms with Gasteiger partial charge in [0.2, 0.25) is 0 Å². The van der Waals surface area contributed by atoms with Crippen LogP contribution in [-0.2, 0) is 6.18 Å². The molecule has 0 aliphatic heterocycles. The van der Waals surface area contributed by atoms with Crippen LogP contribution in [0.3, 0.4) is 0 Å². The van der Waals surface area contributed by atoms with E-state index in [1.165, 1.54) is 13.2 Å². The number of ether oxygens (including phenoxy) is 1. The maximum absolute atomic E-state index is 12.7. The number of hydrogen-bond donors (Lipinski definition) is 1. The van der Waals surface area contributed by atoms with E-state index in [1.807, 2.05) is 0 Å². The number of para-hydroxylation sites is 1. The zero-order valence-electron chi connectivity index (χ0n) is 13.4. The average molecular weight is 363 g/mol. The molecule has 0 bridgehead atoms. The highest BCUT2D eigenvalue weighted by Crippen LogP contribution is 2.31. The second kappa shape index (κ2) is 6.87. The Hall–Kier alpha value is -3.36. The van der Waals surface area contributed by atoms with Gasteiger partial charge in [-0.3, -0.25) is 10.1 Å². The zero-order chi connectivity index (χ0) is 18.7. The van der Waals surface area contributed by atoms with Crippen LogP contribution in [0.1, 0.15) is 15.9 Å². The third-order valence-electron chi connectivity index (χ3n) is 3.43. The second-order valence-electron chi connectivity index (χ2n) is 5.15. The molecule has 1 heterocycles. The number of rotatable bonds is 4. The van der Waals surface area contributed by atoms with Crippen molar-refractivity contribution in [1.29, 1.82) is 0 Å². The largest absolute Gasteiger partial charge is 0.496 e. The van der Waals surface area contributed by atoms with Crippen molar-refractivity contribution in [3.63, 3.8) is 0 Å². The first-order valence-electron chi connectivity index (χ1n) is 7.34. The van der Waals surface area contributed by atoms with Crippen molar-refractivity contribution in [2.75, 3.05) is 12.4 Å². The van der Waals surface area contributed by atoms with Gasteiger partial charge in [0.15, 0.2) is 0 Å². The number of carbonyl (C=O) groups is 1. The lowest BCUT2D eigenvalue weighted by Gasteiger charge is -2.08. The Bertz CT molecular complexity index is 938. The maximum atomic E-state index is 12.7. The maximum Gasteiger partial charge on any atom is 0.416 e. The van der Waals surface area contributed by atoms with E-state index in [0.29, 0.717) is 11.3 Å². The van der Waals surface area contributed by atoms with Crippen molar-refractivity contribution in [2.45, 2.75) is 6.18 Å². The molecule has 0 unspecified atom stereocenters. The number of nitrogens with zero attached hydrogens (tertiary/aromatic N) is 2. The number of halogens is 3. The first-order valence-corrected chi connectivity index (χ1v) is 7.34. The number of hydrogen-bond acceptors (Lipinski definition) is 5. The van der Waals surface area contributed by atoms with E-state index in [0.717, 1.165) is 18.2 Å². The Morgan fingerprint density at radius 3 is 2.62 bits per heavy atom. The molecular weight excluding hydrogens is 351 g/mol. The molecule has 6 nitrogen and oxygen atoms in total. The predicted molar refractivity (Wildman–Crippen MR) is 85.7 cm³/mol. The third kappa shape index (κ3) is 3.66. The molecular formula is C17H12F3N3O3. The van der Waals surface area contributed by atoms with E-state index in [9.17, 15) is 18.0 Å². The first kappa shape index (κ1) is 17.5. The number of carbonyl (C=O) groups excluding carboxylic acids is 1. The summed E-state index contributed by atoms with van der Waals surface area (Å²) in [6.45, 7) is 0. The van der Waals surface area contributed by atoms with Crippen molar-refractivity contribution < 1.29 is 27.1 Å². The van der Waals surface area contributed by atoms with Gasteiger partial charge >= 0.3 is 12.2 Å². The van der Waals surface area contributed by atoms with E-state index < -0.39 is 17.6 Å². The van der Waals surface area contributed by atoms with Crippen molar-refractivity contribution in [2.24, 2.45) is 0 Å². The predicted octanol–water partition coefficient (Wildman–Crippen LogP) is 4.02. The van der Waals surface area contributed by atoms with Gasteiger partial charge in [-0.2, -0.15) is 13.2 Å². The molecule has 3 rings (SSSR count). The van der Waals surface area contributed by atoms with Crippen LogP contribution in [0.15, 0.2) is 52.9 Å². The molecule has 9 heteroatoms. The zero-order valence-corrected chi connectivity index (χ0v) is 13.4. The molecule has 0 aliphatic carbocycles. The normalized spacial score (nSPS) is 11.2. The Balaban J connectivity index is 1.80. The van der Waals surface area contributed by atoms with Crippen LogP contribution in [0.25, 0.3) is 11.5 Å². The molecule has 1 aromatic heterocycles. The van der Waals surface area contributed by atoms with Gasteiger partial charge < -0.3 is 9.15 Å². The lowest BCUT2D eigenvalue weighted by molar-refractivity contribution is -0.137. The standard InChI is InChI=1S/C17H12F3N3O3/c1-25-13-8-3-2-7-12(13)15-22-23-16(26-15)21-14(24)10-5-4-6-11(9-10)17(18,19)20/h2-9H,1H3,(H,21,23,24). The van der Waals surface area contributed by atoms with E-state index in [2.05, 4.69) is 15.5 Å². The highest BCUT2D eigenvalue weighted by Gasteiger charge is 2.31. The summed E-state index contributed by atoms with van der Waals surface area (Å²) in [6, 6.07) is 10.7. The van der Waals surface area contributed by atoms with Gasteiger partial charge in [-0.15, -0.1) is 5.10 Å². The molecule has 1 N–H and O–H groups in total. The molecule has 0 saturated carbocycles. The molecule has 26 heavy (non-hydrogen) atoms. The fraction of sp³-hybridized carbons (Fsp3) is 0.118. The summed E-state index contributed by atoms with van der Waals surface area (Å²) in [5.41, 5.74) is -0.593. The summed E-state index contributed by atoms with van der Waals surface area (Å²) in [5, 5.41) is 9.76. The van der Waals surface area contributed by atoms with Gasteiger partial charge in [0.05, 0.1) is 18.2 Å². The van der Waals surface area contributed by atoms with Crippen LogP contribution in [0.5, 0.6) is 5.75 Å². The number of anilines is 1. The monoisotopic (exact) mass is 363 g/mol. The Labute approximate surface area is 145 Å². The Morgan fingerprint density at radius 1 is 1.12 bits per heavy atom. The molecule has 0 fully saturated rings. The van der Waals surface area contributed by atoms with E-state index >= 15 is 0 Å². The summed E-state index contributed by atoms with van der Waals surface area (Å²) < 4.78 is 48.7. The SMILES string of the molecule is COc1ccccc1-c1nnc(NC(=O)c2cccc(C(F)(F)F)c2)o1. The number of aromatic nitrogens is 2. The first-order chi connectivity index (χ1) is 12.4. The molecule has 3 aromatic rings. The minimum Gasteiger partial charge on any atom is -0.496 e. The molecule has 2 aromatic carbocycles. The van der Waals surface area contributed by atoms with E-state index in [1.54, 1.807) is 24.3 Å². The second-order valence-corrected chi connectivity index (χ2v) is 5.15. The number of alkyl halides is 3. The van der Waals surface area contributed by atoms with Crippen LogP contribution in [0, 0.1) is 0 Å². The molecule has 1 amide bonds. The topological polar surface area (TPSA) is 77.3 Å².